The fourth-order valence-corrected chi connectivity index (χ4v) is 2.32. The van der Waals surface area contributed by atoms with Crippen molar-refractivity contribution in [3.05, 3.63) is 0 Å². The van der Waals surface area contributed by atoms with E-state index in [0.717, 1.165) is 45.4 Å². The SMILES string of the molecule is [B]N1CCC2(CC1)CCN(O)C2. The van der Waals surface area contributed by atoms with Crippen LogP contribution in [0.1, 0.15) is 19.3 Å². The van der Waals surface area contributed by atoms with Gasteiger partial charge in [0, 0.05) is 13.1 Å². The van der Waals surface area contributed by atoms with Gasteiger partial charge in [-0.15, -0.1) is 0 Å². The molecule has 66 valence electrons. The molecule has 2 heterocycles. The minimum absolute atomic E-state index is 0.380. The third-order valence-electron chi connectivity index (χ3n) is 3.28. The van der Waals surface area contributed by atoms with Crippen LogP contribution in [-0.2, 0) is 0 Å². The molecular weight excluding hydrogens is 151 g/mol. The van der Waals surface area contributed by atoms with E-state index in [-0.39, 0.29) is 0 Å². The molecule has 0 saturated carbocycles. The van der Waals surface area contributed by atoms with Crippen molar-refractivity contribution < 1.29 is 5.21 Å². The number of piperidine rings is 1. The quantitative estimate of drug-likeness (QED) is 0.522. The third kappa shape index (κ3) is 1.51. The molecule has 2 aliphatic heterocycles. The second kappa shape index (κ2) is 3.02. The molecule has 0 bridgehead atoms. The Morgan fingerprint density at radius 1 is 1.08 bits per heavy atom. The summed E-state index contributed by atoms with van der Waals surface area (Å²) in [5.74, 6) is 0. The van der Waals surface area contributed by atoms with E-state index < -0.39 is 0 Å². The first-order valence-corrected chi connectivity index (χ1v) is 4.64. The summed E-state index contributed by atoms with van der Waals surface area (Å²) in [6.45, 7) is 3.65. The lowest BCUT2D eigenvalue weighted by molar-refractivity contribution is -0.0802. The molecule has 12 heavy (non-hydrogen) atoms. The van der Waals surface area contributed by atoms with E-state index in [9.17, 15) is 5.21 Å². The third-order valence-corrected chi connectivity index (χ3v) is 3.28. The van der Waals surface area contributed by atoms with Gasteiger partial charge in [-0.25, -0.2) is 0 Å². The van der Waals surface area contributed by atoms with Crippen molar-refractivity contribution in [1.29, 1.82) is 0 Å². The summed E-state index contributed by atoms with van der Waals surface area (Å²) >= 11 is 0. The molecule has 2 aliphatic rings. The maximum Gasteiger partial charge on any atom is 0.182 e. The van der Waals surface area contributed by atoms with Crippen molar-refractivity contribution in [2.24, 2.45) is 5.41 Å². The Hall–Kier alpha value is -0.0551. The van der Waals surface area contributed by atoms with Crippen LogP contribution >= 0.6 is 0 Å². The Bertz CT molecular complexity index is 168. The van der Waals surface area contributed by atoms with Gasteiger partial charge in [0.1, 0.15) is 0 Å². The molecule has 3 nitrogen and oxygen atoms in total. The highest BCUT2D eigenvalue weighted by molar-refractivity contribution is 6.04. The average molecular weight is 166 g/mol. The Balaban J connectivity index is 1.95. The van der Waals surface area contributed by atoms with Gasteiger partial charge in [-0.3, -0.25) is 0 Å². The fourth-order valence-electron chi connectivity index (χ4n) is 2.32. The standard InChI is InChI=1S/C8H15BN2O/c9-10-4-1-8(2-5-10)3-6-11(12)7-8/h12H,1-7H2. The largest absolute Gasteiger partial charge is 0.353 e. The second-order valence-corrected chi connectivity index (χ2v) is 4.17. The van der Waals surface area contributed by atoms with Gasteiger partial charge in [0.15, 0.2) is 7.98 Å². The fraction of sp³-hybridized carbons (Fsp3) is 1.00. The highest BCUT2D eigenvalue weighted by Crippen LogP contribution is 2.39. The Morgan fingerprint density at radius 2 is 1.67 bits per heavy atom. The minimum Gasteiger partial charge on any atom is -0.353 e. The molecule has 4 heteroatoms. The summed E-state index contributed by atoms with van der Waals surface area (Å²) in [7, 11) is 5.68. The van der Waals surface area contributed by atoms with Crippen LogP contribution in [0.2, 0.25) is 0 Å². The van der Waals surface area contributed by atoms with Gasteiger partial charge in [-0.05, 0) is 37.8 Å². The first kappa shape index (κ1) is 8.54. The second-order valence-electron chi connectivity index (χ2n) is 4.17. The molecule has 0 amide bonds. The van der Waals surface area contributed by atoms with Gasteiger partial charge in [-0.1, -0.05) is 0 Å². The Morgan fingerprint density at radius 3 is 2.17 bits per heavy atom. The summed E-state index contributed by atoms with van der Waals surface area (Å²) < 4.78 is 0. The first-order chi connectivity index (χ1) is 5.70. The smallest absolute Gasteiger partial charge is 0.182 e. The molecule has 0 unspecified atom stereocenters. The predicted molar refractivity (Wildman–Crippen MR) is 47.0 cm³/mol. The molecule has 2 rings (SSSR count). The minimum atomic E-state index is 0.380. The monoisotopic (exact) mass is 166 g/mol. The summed E-state index contributed by atoms with van der Waals surface area (Å²) in [6, 6.07) is 0. The zero-order chi connectivity index (χ0) is 8.60. The van der Waals surface area contributed by atoms with Crippen LogP contribution in [-0.4, -0.2) is 49.2 Å². The molecule has 2 fully saturated rings. The number of hydrogen-bond acceptors (Lipinski definition) is 3. The van der Waals surface area contributed by atoms with E-state index in [1.807, 2.05) is 4.81 Å². The summed E-state index contributed by atoms with van der Waals surface area (Å²) in [6.07, 6.45) is 3.42. The highest BCUT2D eigenvalue weighted by Gasteiger charge is 2.39. The normalized spacial score (nSPS) is 31.4. The molecule has 0 aromatic carbocycles. The maximum absolute atomic E-state index is 9.30. The van der Waals surface area contributed by atoms with E-state index in [4.69, 9.17) is 7.98 Å². The molecule has 0 aromatic rings. The van der Waals surface area contributed by atoms with Crippen LogP contribution in [0.3, 0.4) is 0 Å². The number of nitrogens with zero attached hydrogens (tertiary/aromatic N) is 2. The van der Waals surface area contributed by atoms with Crippen LogP contribution < -0.4 is 0 Å². The van der Waals surface area contributed by atoms with Gasteiger partial charge in [-0.2, -0.15) is 5.06 Å². The molecule has 1 N–H and O–H groups in total. The van der Waals surface area contributed by atoms with E-state index in [2.05, 4.69) is 0 Å². The van der Waals surface area contributed by atoms with Gasteiger partial charge in [0.25, 0.3) is 0 Å². The van der Waals surface area contributed by atoms with E-state index in [0.29, 0.717) is 5.41 Å². The van der Waals surface area contributed by atoms with Gasteiger partial charge >= 0.3 is 0 Å². The van der Waals surface area contributed by atoms with Crippen molar-refractivity contribution in [1.82, 2.24) is 9.87 Å². The first-order valence-electron chi connectivity index (χ1n) is 4.64. The lowest BCUT2D eigenvalue weighted by Crippen LogP contribution is -2.40. The summed E-state index contributed by atoms with van der Waals surface area (Å²) in [5.41, 5.74) is 0.380. The van der Waals surface area contributed by atoms with Crippen molar-refractivity contribution >= 4 is 7.98 Å². The number of rotatable bonds is 0. The van der Waals surface area contributed by atoms with Crippen LogP contribution in [0.5, 0.6) is 0 Å². The highest BCUT2D eigenvalue weighted by atomic mass is 16.5. The van der Waals surface area contributed by atoms with Crippen molar-refractivity contribution in [2.45, 2.75) is 19.3 Å². The molecule has 2 saturated heterocycles. The predicted octanol–water partition coefficient (Wildman–Crippen LogP) is 0.247. The summed E-state index contributed by atoms with van der Waals surface area (Å²) in [4.78, 5) is 1.88. The molecule has 0 aliphatic carbocycles. The number of hydroxylamine groups is 2. The average Bonchev–Trinajstić information content (AvgIpc) is 2.40. The lowest BCUT2D eigenvalue weighted by Gasteiger charge is -2.37. The maximum atomic E-state index is 9.30. The zero-order valence-corrected chi connectivity index (χ0v) is 7.37. The van der Waals surface area contributed by atoms with E-state index in [1.165, 1.54) is 5.06 Å². The molecule has 0 aromatic heterocycles. The Kier molecular flexibility index (Phi) is 2.15. The van der Waals surface area contributed by atoms with Crippen LogP contribution in [0.4, 0.5) is 0 Å². The van der Waals surface area contributed by atoms with Crippen LogP contribution in [0, 0.1) is 5.41 Å². The van der Waals surface area contributed by atoms with Crippen molar-refractivity contribution in [3.8, 4) is 0 Å². The van der Waals surface area contributed by atoms with Gasteiger partial charge < -0.3 is 10.0 Å². The summed E-state index contributed by atoms with van der Waals surface area (Å²) in [5, 5.41) is 10.8. The van der Waals surface area contributed by atoms with Crippen molar-refractivity contribution in [3.63, 3.8) is 0 Å². The molecule has 0 atom stereocenters. The van der Waals surface area contributed by atoms with E-state index in [1.54, 1.807) is 0 Å². The topological polar surface area (TPSA) is 26.7 Å². The van der Waals surface area contributed by atoms with Crippen molar-refractivity contribution in [2.75, 3.05) is 26.2 Å². The molecular formula is C8H15BN2O. The number of hydrogen-bond donors (Lipinski definition) is 1. The van der Waals surface area contributed by atoms with E-state index >= 15 is 0 Å². The molecule has 2 radical (unpaired) electrons. The van der Waals surface area contributed by atoms with Gasteiger partial charge in [0.05, 0.1) is 0 Å². The molecule has 1 spiro atoms. The van der Waals surface area contributed by atoms with Gasteiger partial charge in [0.2, 0.25) is 0 Å². The zero-order valence-electron chi connectivity index (χ0n) is 7.37. The van der Waals surface area contributed by atoms with Crippen LogP contribution in [0.25, 0.3) is 0 Å². The van der Waals surface area contributed by atoms with Crippen LogP contribution in [0.15, 0.2) is 0 Å². The Labute approximate surface area is 74.7 Å². The lowest BCUT2D eigenvalue weighted by atomic mass is 9.77.